The van der Waals surface area contributed by atoms with E-state index in [0.29, 0.717) is 5.69 Å². The quantitative estimate of drug-likeness (QED) is 0.652. The van der Waals surface area contributed by atoms with Gasteiger partial charge >= 0.3 is 0 Å². The molecule has 3 aromatic heterocycles. The largest absolute Gasteiger partial charge is 0.369 e. The molecule has 0 atom stereocenters. The Morgan fingerprint density at radius 1 is 0.968 bits per heavy atom. The molecule has 0 saturated carbocycles. The second-order valence-corrected chi connectivity index (χ2v) is 8.61. The molecule has 5 rings (SSSR count). The Hall–Kier alpha value is -2.93. The fourth-order valence-corrected chi connectivity index (χ4v) is 4.75. The molecule has 0 unspecified atom stereocenters. The number of rotatable bonds is 4. The molecule has 5 heterocycles. The van der Waals surface area contributed by atoms with E-state index >= 15 is 0 Å². The first-order chi connectivity index (χ1) is 15.2. The van der Waals surface area contributed by atoms with Crippen molar-refractivity contribution in [2.45, 2.75) is 32.7 Å². The Morgan fingerprint density at radius 2 is 1.71 bits per heavy atom. The molecule has 2 aliphatic rings. The smallest absolute Gasteiger partial charge is 0.274 e. The maximum atomic E-state index is 13.4. The lowest BCUT2D eigenvalue weighted by atomic mass is 10.1. The third kappa shape index (κ3) is 4.02. The van der Waals surface area contributed by atoms with Crippen molar-refractivity contribution < 1.29 is 4.79 Å². The van der Waals surface area contributed by atoms with Crippen LogP contribution < -0.4 is 4.90 Å². The van der Waals surface area contributed by atoms with Crippen LogP contribution in [0, 0.1) is 6.92 Å². The summed E-state index contributed by atoms with van der Waals surface area (Å²) < 4.78 is 2.13. The summed E-state index contributed by atoms with van der Waals surface area (Å²) in [6.45, 7) is 8.34. The van der Waals surface area contributed by atoms with Gasteiger partial charge in [-0.1, -0.05) is 6.07 Å². The highest BCUT2D eigenvalue weighted by Gasteiger charge is 2.27. The topological polar surface area (TPSA) is 57.0 Å². The number of hydrogen-bond donors (Lipinski definition) is 0. The molecule has 2 saturated heterocycles. The lowest BCUT2D eigenvalue weighted by Gasteiger charge is -2.36. The fourth-order valence-electron chi connectivity index (χ4n) is 4.75. The minimum Gasteiger partial charge on any atom is -0.369 e. The van der Waals surface area contributed by atoms with Crippen LogP contribution in [0.4, 0.5) is 5.69 Å². The highest BCUT2D eigenvalue weighted by molar-refractivity contribution is 5.94. The maximum Gasteiger partial charge on any atom is 0.274 e. The van der Waals surface area contributed by atoms with Gasteiger partial charge in [0.1, 0.15) is 5.65 Å². The summed E-state index contributed by atoms with van der Waals surface area (Å²) in [6, 6.07) is 8.25. The Labute approximate surface area is 183 Å². The molecule has 0 N–H and O–H groups in total. The summed E-state index contributed by atoms with van der Waals surface area (Å²) in [5.74, 6) is 0.0909. The average molecular weight is 419 g/mol. The molecule has 0 radical (unpaired) electrons. The van der Waals surface area contributed by atoms with Crippen molar-refractivity contribution in [1.29, 1.82) is 0 Å². The van der Waals surface area contributed by atoms with Gasteiger partial charge in [-0.15, -0.1) is 0 Å². The van der Waals surface area contributed by atoms with Crippen LogP contribution in [0.15, 0.2) is 42.9 Å². The number of carbonyl (C=O) groups is 1. The lowest BCUT2D eigenvalue weighted by Crippen LogP contribution is -2.46. The van der Waals surface area contributed by atoms with Crippen molar-refractivity contribution in [3.63, 3.8) is 0 Å². The Morgan fingerprint density at radius 3 is 2.45 bits per heavy atom. The number of imidazole rings is 1. The third-order valence-electron chi connectivity index (χ3n) is 6.56. The number of pyridine rings is 2. The van der Waals surface area contributed by atoms with Crippen LogP contribution in [0.2, 0.25) is 0 Å². The van der Waals surface area contributed by atoms with E-state index in [-0.39, 0.29) is 5.91 Å². The molecule has 0 aliphatic carbocycles. The molecule has 7 nitrogen and oxygen atoms in total. The fraction of sp³-hybridized carbons (Fsp3) is 0.458. The van der Waals surface area contributed by atoms with E-state index in [2.05, 4.69) is 44.3 Å². The monoisotopic (exact) mass is 418 g/mol. The highest BCUT2D eigenvalue weighted by atomic mass is 16.2. The standard InChI is InChI=1S/C24H30N6O/c1-19-6-5-13-30-21(22(26-23(19)30)24(31)29-11-3-2-4-12-29)18-27-14-16-28(17-15-27)20-7-9-25-10-8-20/h5-10,13H,2-4,11-12,14-18H2,1H3. The zero-order valence-corrected chi connectivity index (χ0v) is 18.2. The number of likely N-dealkylation sites (tertiary alicyclic amines) is 1. The molecule has 3 aromatic rings. The Balaban J connectivity index is 1.38. The molecule has 7 heteroatoms. The zero-order chi connectivity index (χ0) is 21.2. The third-order valence-corrected chi connectivity index (χ3v) is 6.56. The van der Waals surface area contributed by atoms with Crippen molar-refractivity contribution in [3.05, 3.63) is 59.8 Å². The summed E-state index contributed by atoms with van der Waals surface area (Å²) in [5.41, 5.74) is 4.87. The van der Waals surface area contributed by atoms with Crippen LogP contribution in [0.25, 0.3) is 5.65 Å². The second-order valence-electron chi connectivity index (χ2n) is 8.61. The van der Waals surface area contributed by atoms with Gasteiger partial charge in [0.25, 0.3) is 5.91 Å². The molecule has 162 valence electrons. The number of amides is 1. The zero-order valence-electron chi connectivity index (χ0n) is 18.2. The van der Waals surface area contributed by atoms with Crippen molar-refractivity contribution in [2.75, 3.05) is 44.2 Å². The molecule has 0 bridgehead atoms. The average Bonchev–Trinajstić information content (AvgIpc) is 3.20. The van der Waals surface area contributed by atoms with Crippen LogP contribution in [0.3, 0.4) is 0 Å². The Kier molecular flexibility index (Phi) is 5.59. The first kappa shape index (κ1) is 20.0. The molecular weight excluding hydrogens is 388 g/mol. The van der Waals surface area contributed by atoms with Crippen molar-refractivity contribution >= 4 is 17.2 Å². The Bertz CT molecular complexity index is 1050. The number of fused-ring (bicyclic) bond motifs is 1. The van der Waals surface area contributed by atoms with Gasteiger partial charge in [-0.05, 0) is 49.9 Å². The number of anilines is 1. The van der Waals surface area contributed by atoms with Crippen molar-refractivity contribution in [1.82, 2.24) is 24.2 Å². The van der Waals surface area contributed by atoms with Crippen LogP contribution in [-0.2, 0) is 6.54 Å². The van der Waals surface area contributed by atoms with Crippen LogP contribution in [0.1, 0.15) is 41.0 Å². The predicted molar refractivity (Wildman–Crippen MR) is 121 cm³/mol. The van der Waals surface area contributed by atoms with Crippen LogP contribution >= 0.6 is 0 Å². The van der Waals surface area contributed by atoms with Gasteiger partial charge in [0.15, 0.2) is 5.69 Å². The lowest BCUT2D eigenvalue weighted by molar-refractivity contribution is 0.0716. The number of hydrogen-bond acceptors (Lipinski definition) is 5. The van der Waals surface area contributed by atoms with Gasteiger partial charge in [0, 0.05) is 70.1 Å². The van der Waals surface area contributed by atoms with Crippen molar-refractivity contribution in [2.24, 2.45) is 0 Å². The maximum absolute atomic E-state index is 13.4. The molecule has 2 fully saturated rings. The van der Waals surface area contributed by atoms with Crippen LogP contribution in [-0.4, -0.2) is 69.3 Å². The number of piperidine rings is 1. The second kappa shape index (κ2) is 8.67. The van der Waals surface area contributed by atoms with E-state index in [1.807, 2.05) is 29.6 Å². The normalized spacial score (nSPS) is 18.0. The van der Waals surface area contributed by atoms with Crippen LogP contribution in [0.5, 0.6) is 0 Å². The summed E-state index contributed by atoms with van der Waals surface area (Å²) in [4.78, 5) is 29.2. The summed E-state index contributed by atoms with van der Waals surface area (Å²) >= 11 is 0. The highest BCUT2D eigenvalue weighted by Crippen LogP contribution is 2.22. The number of aryl methyl sites for hydroxylation is 1. The van der Waals surface area contributed by atoms with Gasteiger partial charge in [0.05, 0.1) is 5.69 Å². The van der Waals surface area contributed by atoms with Gasteiger partial charge in [-0.2, -0.15) is 0 Å². The van der Waals surface area contributed by atoms with Gasteiger partial charge < -0.3 is 14.2 Å². The molecule has 2 aliphatic heterocycles. The minimum absolute atomic E-state index is 0.0909. The molecule has 0 spiro atoms. The first-order valence-electron chi connectivity index (χ1n) is 11.3. The number of aromatic nitrogens is 3. The number of nitrogens with zero attached hydrogens (tertiary/aromatic N) is 6. The van der Waals surface area contributed by atoms with Gasteiger partial charge in [-0.3, -0.25) is 14.7 Å². The summed E-state index contributed by atoms with van der Waals surface area (Å²) in [7, 11) is 0. The SMILES string of the molecule is Cc1cccn2c(CN3CCN(c4ccncc4)CC3)c(C(=O)N3CCCCC3)nc12. The van der Waals surface area contributed by atoms with E-state index in [9.17, 15) is 4.79 Å². The van der Waals surface area contributed by atoms with E-state index in [0.717, 1.165) is 75.6 Å². The predicted octanol–water partition coefficient (Wildman–Crippen LogP) is 2.99. The van der Waals surface area contributed by atoms with E-state index < -0.39 is 0 Å². The van der Waals surface area contributed by atoms with Gasteiger partial charge in [-0.25, -0.2) is 4.98 Å². The number of piperazine rings is 1. The molecule has 31 heavy (non-hydrogen) atoms. The first-order valence-corrected chi connectivity index (χ1v) is 11.3. The van der Waals surface area contributed by atoms with E-state index in [4.69, 9.17) is 4.98 Å². The van der Waals surface area contributed by atoms with E-state index in [1.165, 1.54) is 12.1 Å². The van der Waals surface area contributed by atoms with Crippen molar-refractivity contribution in [3.8, 4) is 0 Å². The molecular formula is C24H30N6O. The number of carbonyl (C=O) groups excluding carboxylic acids is 1. The van der Waals surface area contributed by atoms with E-state index in [1.54, 1.807) is 0 Å². The molecule has 0 aromatic carbocycles. The molecule has 1 amide bonds. The van der Waals surface area contributed by atoms with Gasteiger partial charge in [0.2, 0.25) is 0 Å². The minimum atomic E-state index is 0.0909. The summed E-state index contributed by atoms with van der Waals surface area (Å²) in [6.07, 6.45) is 9.13. The summed E-state index contributed by atoms with van der Waals surface area (Å²) in [5, 5.41) is 0.